The predicted octanol–water partition coefficient (Wildman–Crippen LogP) is 2.55. The Labute approximate surface area is 164 Å². The van der Waals surface area contributed by atoms with Crippen LogP contribution in [0.2, 0.25) is 0 Å². The fraction of sp³-hybridized carbons (Fsp3) is 0.150. The first-order valence-corrected chi connectivity index (χ1v) is 9.63. The van der Waals surface area contributed by atoms with Crippen LogP contribution in [0, 0.1) is 0 Å². The fourth-order valence-electron chi connectivity index (χ4n) is 3.66. The molecule has 2 aromatic heterocycles. The number of anilines is 1. The van der Waals surface area contributed by atoms with Gasteiger partial charge in [-0.05, 0) is 24.6 Å². The lowest BCUT2D eigenvalue weighted by molar-refractivity contribution is -0.134. The minimum Gasteiger partial charge on any atom is -0.295 e. The molecule has 8 heteroatoms. The van der Waals surface area contributed by atoms with Crippen LogP contribution in [0.1, 0.15) is 23.2 Å². The van der Waals surface area contributed by atoms with Crippen LogP contribution in [0.4, 0.5) is 5.82 Å². The molecule has 4 heterocycles. The number of nitrogens with one attached hydrogen (secondary N) is 1. The molecule has 5 rings (SSSR count). The molecule has 7 nitrogen and oxygen atoms in total. The number of rotatable bonds is 3. The molecule has 0 bridgehead atoms. The highest BCUT2D eigenvalue weighted by Gasteiger charge is 2.41. The van der Waals surface area contributed by atoms with Crippen molar-refractivity contribution >= 4 is 46.1 Å². The molecule has 3 aromatic rings. The summed E-state index contributed by atoms with van der Waals surface area (Å²) in [4.78, 5) is 48.1. The molecule has 1 fully saturated rings. The zero-order valence-electron chi connectivity index (χ0n) is 14.6. The number of amides is 3. The maximum Gasteiger partial charge on any atom is 0.260 e. The molecule has 2 aliphatic heterocycles. The van der Waals surface area contributed by atoms with E-state index in [1.54, 1.807) is 18.5 Å². The summed E-state index contributed by atoms with van der Waals surface area (Å²) in [5.74, 6) is -0.567. The Kier molecular flexibility index (Phi) is 3.87. The third kappa shape index (κ3) is 2.56. The third-order valence-electron chi connectivity index (χ3n) is 4.91. The fourth-order valence-corrected chi connectivity index (χ4v) is 4.53. The van der Waals surface area contributed by atoms with Crippen molar-refractivity contribution in [2.24, 2.45) is 0 Å². The summed E-state index contributed by atoms with van der Waals surface area (Å²) in [5, 5.41) is 4.77. The van der Waals surface area contributed by atoms with E-state index in [1.807, 2.05) is 30.3 Å². The van der Waals surface area contributed by atoms with Crippen LogP contribution in [0.25, 0.3) is 10.8 Å². The van der Waals surface area contributed by atoms with Gasteiger partial charge in [-0.15, -0.1) is 0 Å². The third-order valence-corrected chi connectivity index (χ3v) is 5.90. The number of carbonyl (C=O) groups excluding carboxylic acids is 3. The van der Waals surface area contributed by atoms with Gasteiger partial charge in [0.1, 0.15) is 16.9 Å². The molecule has 3 amide bonds. The first-order chi connectivity index (χ1) is 13.6. The molecule has 1 unspecified atom stereocenters. The van der Waals surface area contributed by atoms with Crippen LogP contribution in [0.3, 0.4) is 0 Å². The van der Waals surface area contributed by atoms with Gasteiger partial charge in [-0.25, -0.2) is 9.97 Å². The molecule has 1 saturated heterocycles. The Hall–Kier alpha value is -3.26. The maximum atomic E-state index is 13.1. The molecular weight excluding hydrogens is 376 g/mol. The van der Waals surface area contributed by atoms with Gasteiger partial charge >= 0.3 is 0 Å². The molecule has 1 atom stereocenters. The maximum absolute atomic E-state index is 13.1. The zero-order valence-corrected chi connectivity index (χ0v) is 15.4. The average Bonchev–Trinajstić information content (AvgIpc) is 2.98. The highest BCUT2D eigenvalue weighted by atomic mass is 32.2. The number of hydrogen-bond donors (Lipinski definition) is 1. The van der Waals surface area contributed by atoms with Crippen LogP contribution in [-0.4, -0.2) is 33.7 Å². The zero-order chi connectivity index (χ0) is 19.3. The first-order valence-electron chi connectivity index (χ1n) is 8.81. The summed E-state index contributed by atoms with van der Waals surface area (Å²) < 4.78 is 0. The van der Waals surface area contributed by atoms with Crippen LogP contribution in [-0.2, 0) is 9.59 Å². The number of pyridine rings is 2. The van der Waals surface area contributed by atoms with E-state index in [9.17, 15) is 14.4 Å². The Morgan fingerprint density at radius 1 is 1.07 bits per heavy atom. The lowest BCUT2D eigenvalue weighted by Crippen LogP contribution is -2.53. The molecule has 0 aliphatic carbocycles. The number of piperidine rings is 1. The van der Waals surface area contributed by atoms with Gasteiger partial charge in [-0.3, -0.25) is 24.6 Å². The quantitative estimate of drug-likeness (QED) is 0.691. The number of nitrogens with zero attached hydrogens (tertiary/aromatic N) is 3. The van der Waals surface area contributed by atoms with Crippen molar-refractivity contribution in [1.29, 1.82) is 0 Å². The second-order valence-electron chi connectivity index (χ2n) is 6.59. The van der Waals surface area contributed by atoms with Gasteiger partial charge in [-0.1, -0.05) is 30.0 Å². The number of hydrogen-bond acceptors (Lipinski definition) is 6. The van der Waals surface area contributed by atoms with Crippen molar-refractivity contribution in [3.8, 4) is 0 Å². The van der Waals surface area contributed by atoms with E-state index in [0.29, 0.717) is 11.4 Å². The van der Waals surface area contributed by atoms with Crippen LogP contribution in [0.5, 0.6) is 0 Å². The molecule has 0 spiro atoms. The lowest BCUT2D eigenvalue weighted by Gasteiger charge is -2.29. The highest BCUT2D eigenvalue weighted by Crippen LogP contribution is 2.42. The SMILES string of the molecule is O=C1CCC(N2C(=O)c3cccc4c(Sc5ccccn5)cnc2c34)C(=O)N1. The molecule has 2 aliphatic rings. The van der Waals surface area contributed by atoms with Gasteiger partial charge < -0.3 is 0 Å². The molecule has 0 radical (unpaired) electrons. The van der Waals surface area contributed by atoms with Crippen LogP contribution in [0.15, 0.2) is 58.7 Å². The van der Waals surface area contributed by atoms with Gasteiger partial charge in [0.2, 0.25) is 11.8 Å². The topological polar surface area (TPSA) is 92.3 Å². The largest absolute Gasteiger partial charge is 0.295 e. The predicted molar refractivity (Wildman–Crippen MR) is 103 cm³/mol. The Balaban J connectivity index is 1.61. The van der Waals surface area contributed by atoms with Crippen molar-refractivity contribution in [2.75, 3.05) is 4.90 Å². The van der Waals surface area contributed by atoms with Gasteiger partial charge in [0.05, 0.1) is 5.56 Å². The molecule has 28 heavy (non-hydrogen) atoms. The number of imide groups is 1. The lowest BCUT2D eigenvalue weighted by atomic mass is 10.0. The Morgan fingerprint density at radius 2 is 1.96 bits per heavy atom. The monoisotopic (exact) mass is 390 g/mol. The van der Waals surface area contributed by atoms with Gasteiger partial charge in [-0.2, -0.15) is 0 Å². The van der Waals surface area contributed by atoms with E-state index in [4.69, 9.17) is 0 Å². The summed E-state index contributed by atoms with van der Waals surface area (Å²) >= 11 is 1.47. The van der Waals surface area contributed by atoms with E-state index < -0.39 is 11.9 Å². The van der Waals surface area contributed by atoms with Gasteiger partial charge in [0.25, 0.3) is 5.91 Å². The molecular formula is C20H14N4O3S. The number of carbonyl (C=O) groups is 3. The normalized spacial score (nSPS) is 18.6. The first kappa shape index (κ1) is 16.9. The van der Waals surface area contributed by atoms with Gasteiger partial charge in [0, 0.05) is 34.5 Å². The molecule has 1 N–H and O–H groups in total. The van der Waals surface area contributed by atoms with E-state index >= 15 is 0 Å². The summed E-state index contributed by atoms with van der Waals surface area (Å²) in [5.41, 5.74) is 0.521. The van der Waals surface area contributed by atoms with Crippen molar-refractivity contribution in [3.63, 3.8) is 0 Å². The smallest absolute Gasteiger partial charge is 0.260 e. The second kappa shape index (κ2) is 6.42. The van der Waals surface area contributed by atoms with E-state index in [1.165, 1.54) is 16.7 Å². The summed E-state index contributed by atoms with van der Waals surface area (Å²) in [7, 11) is 0. The molecule has 1 aromatic carbocycles. The Morgan fingerprint density at radius 3 is 2.75 bits per heavy atom. The summed E-state index contributed by atoms with van der Waals surface area (Å²) in [6, 6.07) is 10.5. The second-order valence-corrected chi connectivity index (χ2v) is 7.65. The summed E-state index contributed by atoms with van der Waals surface area (Å²) in [6.07, 6.45) is 3.92. The standard InChI is InChI=1S/C20H14N4O3S/c25-15-8-7-13(19(26)23-15)24-18-17-11(4-3-5-12(17)20(24)27)14(10-22-18)28-16-6-1-2-9-21-16/h1-6,9-10,13H,7-8H2,(H,23,25,26). The molecule has 0 saturated carbocycles. The number of aromatic nitrogens is 2. The van der Waals surface area contributed by atoms with E-state index in [-0.39, 0.29) is 24.7 Å². The average molecular weight is 390 g/mol. The minimum atomic E-state index is -0.734. The minimum absolute atomic E-state index is 0.202. The van der Waals surface area contributed by atoms with Crippen molar-refractivity contribution in [2.45, 2.75) is 28.8 Å². The van der Waals surface area contributed by atoms with Crippen molar-refractivity contribution in [1.82, 2.24) is 15.3 Å². The molecule has 138 valence electrons. The van der Waals surface area contributed by atoms with Crippen molar-refractivity contribution in [3.05, 3.63) is 54.4 Å². The van der Waals surface area contributed by atoms with E-state index in [2.05, 4.69) is 15.3 Å². The van der Waals surface area contributed by atoms with Crippen molar-refractivity contribution < 1.29 is 14.4 Å². The van der Waals surface area contributed by atoms with Crippen LogP contribution < -0.4 is 10.2 Å². The van der Waals surface area contributed by atoms with Gasteiger partial charge in [0.15, 0.2) is 0 Å². The highest BCUT2D eigenvalue weighted by molar-refractivity contribution is 7.99. The van der Waals surface area contributed by atoms with Crippen LogP contribution >= 0.6 is 11.8 Å². The number of benzene rings is 1. The Bertz CT molecular complexity index is 1150. The van der Waals surface area contributed by atoms with E-state index in [0.717, 1.165) is 20.7 Å². The summed E-state index contributed by atoms with van der Waals surface area (Å²) in [6.45, 7) is 0.